The Morgan fingerprint density at radius 3 is 2.75 bits per heavy atom. The quantitative estimate of drug-likeness (QED) is 0.427. The van der Waals surface area contributed by atoms with Crippen molar-refractivity contribution in [1.82, 2.24) is 5.43 Å². The molecule has 0 saturated heterocycles. The third-order valence-electron chi connectivity index (χ3n) is 1.82. The first-order valence-electron chi connectivity index (χ1n) is 3.82. The first-order valence-corrected chi connectivity index (χ1v) is 4.70. The van der Waals surface area contributed by atoms with E-state index >= 15 is 0 Å². The summed E-state index contributed by atoms with van der Waals surface area (Å²) in [6, 6.07) is 2.19. The fraction of sp³-hybridized carbons (Fsp3) is 0.333. The monoisotopic (exact) mass is 182 g/mol. The SMILES string of the molecule is C=C(C)C(NN)c1sccc1C. The van der Waals surface area contributed by atoms with E-state index in [1.807, 2.05) is 6.92 Å². The van der Waals surface area contributed by atoms with Crippen molar-refractivity contribution in [3.63, 3.8) is 0 Å². The molecule has 1 heterocycles. The second-order valence-electron chi connectivity index (χ2n) is 2.91. The van der Waals surface area contributed by atoms with E-state index < -0.39 is 0 Å². The summed E-state index contributed by atoms with van der Waals surface area (Å²) in [5, 5.41) is 2.07. The van der Waals surface area contributed by atoms with Gasteiger partial charge in [-0.1, -0.05) is 12.2 Å². The fourth-order valence-electron chi connectivity index (χ4n) is 1.12. The summed E-state index contributed by atoms with van der Waals surface area (Å²) in [6.45, 7) is 7.95. The van der Waals surface area contributed by atoms with Crippen LogP contribution >= 0.6 is 11.3 Å². The first kappa shape index (κ1) is 9.45. The van der Waals surface area contributed by atoms with E-state index in [1.165, 1.54) is 10.4 Å². The van der Waals surface area contributed by atoms with Crippen molar-refractivity contribution in [2.75, 3.05) is 0 Å². The van der Waals surface area contributed by atoms with Crippen LogP contribution in [0.15, 0.2) is 23.6 Å². The van der Waals surface area contributed by atoms with Gasteiger partial charge in [0.25, 0.3) is 0 Å². The third-order valence-corrected chi connectivity index (χ3v) is 2.91. The number of hydrazine groups is 1. The van der Waals surface area contributed by atoms with Gasteiger partial charge >= 0.3 is 0 Å². The minimum absolute atomic E-state index is 0.102. The molecule has 66 valence electrons. The molecule has 0 spiro atoms. The smallest absolute Gasteiger partial charge is 0.0759 e. The zero-order valence-corrected chi connectivity index (χ0v) is 8.24. The number of hydrogen-bond acceptors (Lipinski definition) is 3. The molecule has 1 aromatic heterocycles. The molecule has 0 saturated carbocycles. The van der Waals surface area contributed by atoms with E-state index in [0.29, 0.717) is 0 Å². The molecule has 1 unspecified atom stereocenters. The average molecular weight is 182 g/mol. The highest BCUT2D eigenvalue weighted by Gasteiger charge is 2.13. The standard InChI is InChI=1S/C9H14N2S/c1-6(2)8(11-10)9-7(3)4-5-12-9/h4-5,8,11H,1,10H2,2-3H3. The molecule has 0 bridgehead atoms. The summed E-state index contributed by atoms with van der Waals surface area (Å²) in [5.74, 6) is 5.43. The first-order chi connectivity index (χ1) is 5.66. The molecule has 12 heavy (non-hydrogen) atoms. The second-order valence-corrected chi connectivity index (χ2v) is 3.86. The molecule has 0 aromatic carbocycles. The molecule has 3 heteroatoms. The van der Waals surface area contributed by atoms with Crippen molar-refractivity contribution < 1.29 is 0 Å². The molecule has 3 N–H and O–H groups in total. The van der Waals surface area contributed by atoms with Crippen molar-refractivity contribution in [3.8, 4) is 0 Å². The lowest BCUT2D eigenvalue weighted by atomic mass is 10.1. The molecule has 0 aliphatic rings. The van der Waals surface area contributed by atoms with E-state index in [4.69, 9.17) is 5.84 Å². The summed E-state index contributed by atoms with van der Waals surface area (Å²) in [7, 11) is 0. The van der Waals surface area contributed by atoms with Crippen LogP contribution in [0, 0.1) is 6.92 Å². The Labute approximate surface area is 77.1 Å². The lowest BCUT2D eigenvalue weighted by Gasteiger charge is -2.14. The van der Waals surface area contributed by atoms with Gasteiger partial charge in [0, 0.05) is 4.88 Å². The summed E-state index contributed by atoms with van der Waals surface area (Å²) < 4.78 is 0. The molecule has 0 aliphatic carbocycles. The van der Waals surface area contributed by atoms with Gasteiger partial charge in [-0.3, -0.25) is 5.84 Å². The maximum atomic E-state index is 5.43. The van der Waals surface area contributed by atoms with Crippen LogP contribution in [0.3, 0.4) is 0 Å². The number of thiophene rings is 1. The molecule has 0 amide bonds. The normalized spacial score (nSPS) is 12.9. The zero-order valence-electron chi connectivity index (χ0n) is 7.42. The van der Waals surface area contributed by atoms with Gasteiger partial charge in [-0.05, 0) is 30.9 Å². The van der Waals surface area contributed by atoms with Crippen LogP contribution in [-0.4, -0.2) is 0 Å². The van der Waals surface area contributed by atoms with Crippen LogP contribution in [0.4, 0.5) is 0 Å². The molecule has 1 aromatic rings. The van der Waals surface area contributed by atoms with E-state index in [2.05, 4.69) is 30.4 Å². The Kier molecular flexibility index (Phi) is 3.03. The lowest BCUT2D eigenvalue weighted by molar-refractivity contribution is 0.634. The maximum absolute atomic E-state index is 5.43. The van der Waals surface area contributed by atoms with Gasteiger partial charge in [0.1, 0.15) is 0 Å². The van der Waals surface area contributed by atoms with Crippen LogP contribution in [0.5, 0.6) is 0 Å². The van der Waals surface area contributed by atoms with E-state index in [9.17, 15) is 0 Å². The van der Waals surface area contributed by atoms with Crippen molar-refractivity contribution in [2.45, 2.75) is 19.9 Å². The van der Waals surface area contributed by atoms with E-state index in [1.54, 1.807) is 11.3 Å². The van der Waals surface area contributed by atoms with Gasteiger partial charge in [0.05, 0.1) is 6.04 Å². The molecule has 1 rings (SSSR count). The molecule has 0 aliphatic heterocycles. The topological polar surface area (TPSA) is 38.0 Å². The molecular formula is C9H14N2S. The van der Waals surface area contributed by atoms with Crippen molar-refractivity contribution in [2.24, 2.45) is 5.84 Å². The molecule has 0 fully saturated rings. The minimum Gasteiger partial charge on any atom is -0.271 e. The predicted molar refractivity (Wildman–Crippen MR) is 53.9 cm³/mol. The molecule has 0 radical (unpaired) electrons. The average Bonchev–Trinajstić information content (AvgIpc) is 2.38. The highest BCUT2D eigenvalue weighted by molar-refractivity contribution is 7.10. The fourth-order valence-corrected chi connectivity index (χ4v) is 2.20. The van der Waals surface area contributed by atoms with Gasteiger partial charge in [-0.2, -0.15) is 0 Å². The Morgan fingerprint density at radius 1 is 1.75 bits per heavy atom. The van der Waals surface area contributed by atoms with Crippen molar-refractivity contribution in [3.05, 3.63) is 34.0 Å². The summed E-state index contributed by atoms with van der Waals surface area (Å²) in [6.07, 6.45) is 0. The zero-order chi connectivity index (χ0) is 9.14. The molecule has 1 atom stereocenters. The van der Waals surface area contributed by atoms with E-state index in [-0.39, 0.29) is 6.04 Å². The Hall–Kier alpha value is -0.640. The predicted octanol–water partition coefficient (Wildman–Crippen LogP) is 2.14. The van der Waals surface area contributed by atoms with Gasteiger partial charge in [0.15, 0.2) is 0 Å². The maximum Gasteiger partial charge on any atom is 0.0759 e. The number of aryl methyl sites for hydroxylation is 1. The van der Waals surface area contributed by atoms with Crippen molar-refractivity contribution >= 4 is 11.3 Å². The molecule has 2 nitrogen and oxygen atoms in total. The van der Waals surface area contributed by atoms with Crippen LogP contribution in [0.2, 0.25) is 0 Å². The van der Waals surface area contributed by atoms with Gasteiger partial charge in [0.2, 0.25) is 0 Å². The van der Waals surface area contributed by atoms with Crippen LogP contribution in [-0.2, 0) is 0 Å². The highest BCUT2D eigenvalue weighted by atomic mass is 32.1. The minimum atomic E-state index is 0.102. The van der Waals surface area contributed by atoms with Gasteiger partial charge < -0.3 is 0 Å². The molecular weight excluding hydrogens is 168 g/mol. The highest BCUT2D eigenvalue weighted by Crippen LogP contribution is 2.27. The third kappa shape index (κ3) is 1.75. The van der Waals surface area contributed by atoms with Crippen LogP contribution in [0.25, 0.3) is 0 Å². The second kappa shape index (κ2) is 3.85. The summed E-state index contributed by atoms with van der Waals surface area (Å²) >= 11 is 1.71. The Morgan fingerprint density at radius 2 is 2.42 bits per heavy atom. The number of nitrogens with two attached hydrogens (primary N) is 1. The van der Waals surface area contributed by atoms with Gasteiger partial charge in [-0.15, -0.1) is 11.3 Å². The lowest BCUT2D eigenvalue weighted by Crippen LogP contribution is -2.28. The largest absolute Gasteiger partial charge is 0.271 e. The number of nitrogens with one attached hydrogen (secondary N) is 1. The number of hydrogen-bond donors (Lipinski definition) is 2. The Balaban J connectivity index is 2.94. The summed E-state index contributed by atoms with van der Waals surface area (Å²) in [5.41, 5.74) is 5.07. The number of rotatable bonds is 3. The van der Waals surface area contributed by atoms with Crippen LogP contribution in [0.1, 0.15) is 23.4 Å². The van der Waals surface area contributed by atoms with Gasteiger partial charge in [-0.25, -0.2) is 5.43 Å². The summed E-state index contributed by atoms with van der Waals surface area (Å²) in [4.78, 5) is 1.25. The van der Waals surface area contributed by atoms with Crippen LogP contribution < -0.4 is 11.3 Å². The van der Waals surface area contributed by atoms with E-state index in [0.717, 1.165) is 5.57 Å². The Bertz CT molecular complexity index is 278. The van der Waals surface area contributed by atoms with Crippen molar-refractivity contribution in [1.29, 1.82) is 0 Å².